The van der Waals surface area contributed by atoms with Gasteiger partial charge < -0.3 is 9.80 Å². The van der Waals surface area contributed by atoms with Crippen LogP contribution in [-0.2, 0) is 0 Å². The van der Waals surface area contributed by atoms with Crippen molar-refractivity contribution in [2.45, 2.75) is 0 Å². The van der Waals surface area contributed by atoms with E-state index in [2.05, 4.69) is 398 Å². The molecule has 0 aliphatic rings. The zero-order valence-electron chi connectivity index (χ0n) is 54.8. The Kier molecular flexibility index (Phi) is 14.3. The van der Waals surface area contributed by atoms with Crippen molar-refractivity contribution < 1.29 is 0 Å². The van der Waals surface area contributed by atoms with E-state index in [1.165, 1.54) is 153 Å². The minimum absolute atomic E-state index is 1.09. The van der Waals surface area contributed by atoms with E-state index in [1.54, 1.807) is 0 Å². The van der Waals surface area contributed by atoms with E-state index in [-0.39, 0.29) is 0 Å². The molecule has 19 aromatic rings. The smallest absolute Gasteiger partial charge is 0.0468 e. The van der Waals surface area contributed by atoms with Gasteiger partial charge in [-0.2, -0.15) is 0 Å². The Labute approximate surface area is 581 Å². The molecule has 0 aliphatic heterocycles. The fraction of sp³-hybridized carbons (Fsp3) is 0. The van der Waals surface area contributed by atoms with Gasteiger partial charge in [-0.3, -0.25) is 0 Å². The summed E-state index contributed by atoms with van der Waals surface area (Å²) in [5.74, 6) is 0. The SMILES string of the molecule is c1ccc(-c2ccc(N(c3ccc(-c4ccc5c(ccc6ccccc65)c4)cc3)c3ccc(-c4ccc5c(ccc6ccc(-c7cccc(-c8ccc(-c9ccc(N(c%10ccc%11c(ccc%12ccccc%12%11)c%10)c%10ccc%11c(ccc%12ccccc%12%11)c%10)cc9)cc8)c7)cc65)c4)cc3)cc2)cc1. The summed E-state index contributed by atoms with van der Waals surface area (Å²) in [4.78, 5) is 4.76. The molecular weight excluding hydrogens is 1210 g/mol. The molecule has 0 bridgehead atoms. The summed E-state index contributed by atoms with van der Waals surface area (Å²) in [7, 11) is 0. The van der Waals surface area contributed by atoms with Gasteiger partial charge in [0.05, 0.1) is 0 Å². The maximum atomic E-state index is 2.40. The predicted molar refractivity (Wildman–Crippen MR) is 428 cm³/mol. The van der Waals surface area contributed by atoms with Crippen molar-refractivity contribution in [1.82, 2.24) is 0 Å². The van der Waals surface area contributed by atoms with Crippen LogP contribution in [0.15, 0.2) is 388 Å². The average Bonchev–Trinajstić information content (AvgIpc) is 0.780. The van der Waals surface area contributed by atoms with Gasteiger partial charge in [-0.15, -0.1) is 0 Å². The molecule has 0 fully saturated rings. The van der Waals surface area contributed by atoms with Crippen molar-refractivity contribution in [2.75, 3.05) is 9.80 Å². The molecule has 0 heterocycles. The molecule has 0 amide bonds. The summed E-state index contributed by atoms with van der Waals surface area (Å²) in [6.45, 7) is 0. The van der Waals surface area contributed by atoms with Crippen LogP contribution in [0.2, 0.25) is 0 Å². The minimum atomic E-state index is 1.09. The zero-order chi connectivity index (χ0) is 66.0. The summed E-state index contributed by atoms with van der Waals surface area (Å²) in [6, 6.07) is 143. The summed E-state index contributed by atoms with van der Waals surface area (Å²) in [6.07, 6.45) is 0. The van der Waals surface area contributed by atoms with Gasteiger partial charge in [-0.05, 0) is 250 Å². The molecule has 0 saturated heterocycles. The van der Waals surface area contributed by atoms with Crippen LogP contribution < -0.4 is 9.80 Å². The maximum Gasteiger partial charge on any atom is 0.0468 e. The Balaban J connectivity index is 0.585. The van der Waals surface area contributed by atoms with Gasteiger partial charge >= 0.3 is 0 Å². The van der Waals surface area contributed by atoms with Crippen LogP contribution in [-0.4, -0.2) is 0 Å². The molecule has 19 aromatic carbocycles. The van der Waals surface area contributed by atoms with E-state index in [1.807, 2.05) is 0 Å². The highest BCUT2D eigenvalue weighted by Gasteiger charge is 2.19. The summed E-state index contributed by atoms with van der Waals surface area (Å²) >= 11 is 0. The number of nitrogens with zero attached hydrogens (tertiary/aromatic N) is 2. The van der Waals surface area contributed by atoms with Crippen molar-refractivity contribution in [1.29, 1.82) is 0 Å². The quantitative estimate of drug-likeness (QED) is 0.113. The molecule has 0 atom stereocenters. The first-order valence-corrected chi connectivity index (χ1v) is 34.5. The highest BCUT2D eigenvalue weighted by Crippen LogP contribution is 2.44. The van der Waals surface area contributed by atoms with Gasteiger partial charge in [0.15, 0.2) is 0 Å². The first kappa shape index (κ1) is 58.2. The number of anilines is 6. The number of hydrogen-bond donors (Lipinski definition) is 0. The van der Waals surface area contributed by atoms with Crippen LogP contribution in [0.25, 0.3) is 153 Å². The summed E-state index contributed by atoms with van der Waals surface area (Å²) in [5.41, 5.74) is 20.8. The Hall–Kier alpha value is -13.1. The van der Waals surface area contributed by atoms with Crippen molar-refractivity contribution in [2.24, 2.45) is 0 Å². The van der Waals surface area contributed by atoms with Gasteiger partial charge in [0, 0.05) is 34.1 Å². The molecule has 2 nitrogen and oxygen atoms in total. The molecule has 0 radical (unpaired) electrons. The standard InChI is InChI=1S/C98H64N2/c1-2-11-65(12-3-1)67-35-45-85(46-36-67)99(86-49-39-70(40-50-86)78-43-55-94-81(60-78)31-26-72-13-4-7-18-91(72)94)87-51-41-71(42-52-87)79-44-56-97-82(61-79)32-29-75-25-30-80(64-98(75)97)77-17-10-16-76(59-77)69-23-21-66(22-24-69)68-37-47-88(48-38-68)100(89-53-57-95-83(62-89)33-27-73-14-5-8-19-92(73)95)90-54-58-96-84(63-90)34-28-74-15-6-9-20-93(74)96/h1-64H. The van der Waals surface area contributed by atoms with E-state index in [0.717, 1.165) is 34.1 Å². The van der Waals surface area contributed by atoms with Crippen LogP contribution in [0.1, 0.15) is 0 Å². The zero-order valence-corrected chi connectivity index (χ0v) is 54.8. The van der Waals surface area contributed by atoms with Gasteiger partial charge in [-0.25, -0.2) is 0 Å². The highest BCUT2D eigenvalue weighted by molar-refractivity contribution is 6.13. The first-order valence-electron chi connectivity index (χ1n) is 34.5. The lowest BCUT2D eigenvalue weighted by Crippen LogP contribution is -2.10. The van der Waals surface area contributed by atoms with Crippen LogP contribution >= 0.6 is 0 Å². The van der Waals surface area contributed by atoms with Crippen molar-refractivity contribution in [3.63, 3.8) is 0 Å². The third-order valence-corrected chi connectivity index (χ3v) is 20.6. The molecule has 0 spiro atoms. The molecule has 0 N–H and O–H groups in total. The van der Waals surface area contributed by atoms with E-state index >= 15 is 0 Å². The second-order valence-corrected chi connectivity index (χ2v) is 26.4. The predicted octanol–water partition coefficient (Wildman–Crippen LogP) is 27.9. The molecule has 0 aliphatic carbocycles. The number of rotatable bonds is 12. The third kappa shape index (κ3) is 10.6. The molecule has 0 aromatic heterocycles. The number of hydrogen-bond acceptors (Lipinski definition) is 2. The molecule has 0 unspecified atom stereocenters. The third-order valence-electron chi connectivity index (χ3n) is 20.6. The van der Waals surface area contributed by atoms with Crippen molar-refractivity contribution in [3.8, 4) is 66.8 Å². The van der Waals surface area contributed by atoms with Crippen molar-refractivity contribution >= 4 is 120 Å². The molecule has 100 heavy (non-hydrogen) atoms. The van der Waals surface area contributed by atoms with Crippen LogP contribution in [0.4, 0.5) is 34.1 Å². The Morgan fingerprint density at radius 2 is 0.340 bits per heavy atom. The average molecular weight is 1270 g/mol. The lowest BCUT2D eigenvalue weighted by atomic mass is 9.93. The molecular formula is C98H64N2. The molecule has 2 heteroatoms. The van der Waals surface area contributed by atoms with Crippen molar-refractivity contribution in [3.05, 3.63) is 388 Å². The Morgan fingerprint density at radius 1 is 0.110 bits per heavy atom. The highest BCUT2D eigenvalue weighted by atomic mass is 15.1. The number of fused-ring (bicyclic) bond motifs is 12. The summed E-state index contributed by atoms with van der Waals surface area (Å²) in [5, 5.41) is 20.0. The lowest BCUT2D eigenvalue weighted by Gasteiger charge is -2.26. The number of benzene rings is 19. The Morgan fingerprint density at radius 3 is 0.770 bits per heavy atom. The fourth-order valence-electron chi connectivity index (χ4n) is 15.4. The Bertz CT molecular complexity index is 6240. The van der Waals surface area contributed by atoms with Gasteiger partial charge in [0.1, 0.15) is 0 Å². The first-order chi connectivity index (χ1) is 49.5. The molecule has 0 saturated carbocycles. The lowest BCUT2D eigenvalue weighted by molar-refractivity contribution is 1.28. The molecule has 466 valence electrons. The van der Waals surface area contributed by atoms with Gasteiger partial charge in [-0.1, -0.05) is 291 Å². The van der Waals surface area contributed by atoms with Gasteiger partial charge in [0.25, 0.3) is 0 Å². The largest absolute Gasteiger partial charge is 0.311 e. The van der Waals surface area contributed by atoms with Crippen LogP contribution in [0.3, 0.4) is 0 Å². The van der Waals surface area contributed by atoms with Crippen LogP contribution in [0, 0.1) is 0 Å². The normalized spacial score (nSPS) is 11.6. The topological polar surface area (TPSA) is 6.48 Å². The van der Waals surface area contributed by atoms with Gasteiger partial charge in [0.2, 0.25) is 0 Å². The fourth-order valence-corrected chi connectivity index (χ4v) is 15.4. The second-order valence-electron chi connectivity index (χ2n) is 26.4. The van der Waals surface area contributed by atoms with E-state index in [0.29, 0.717) is 0 Å². The molecule has 19 rings (SSSR count). The second kappa shape index (κ2) is 24.5. The van der Waals surface area contributed by atoms with E-state index < -0.39 is 0 Å². The summed E-state index contributed by atoms with van der Waals surface area (Å²) < 4.78 is 0. The van der Waals surface area contributed by atoms with Crippen LogP contribution in [0.5, 0.6) is 0 Å². The maximum absolute atomic E-state index is 2.40. The van der Waals surface area contributed by atoms with E-state index in [4.69, 9.17) is 0 Å². The monoisotopic (exact) mass is 1270 g/mol. The van der Waals surface area contributed by atoms with E-state index in [9.17, 15) is 0 Å². The minimum Gasteiger partial charge on any atom is -0.311 e.